The van der Waals surface area contributed by atoms with Gasteiger partial charge in [0.25, 0.3) is 0 Å². The van der Waals surface area contributed by atoms with Gasteiger partial charge in [-0.2, -0.15) is 0 Å². The van der Waals surface area contributed by atoms with Gasteiger partial charge in [-0.15, -0.1) is 9.05 Å². The summed E-state index contributed by atoms with van der Waals surface area (Å²) in [6.45, 7) is 4.57. The predicted molar refractivity (Wildman–Crippen MR) is 69.7 cm³/mol. The second-order valence-corrected chi connectivity index (χ2v) is 5.69. The molecule has 2 rings (SSSR count). The molecule has 19 heavy (non-hydrogen) atoms. The Morgan fingerprint density at radius 3 is 2.68 bits per heavy atom. The molecular weight excluding hydrogens is 267 g/mol. The van der Waals surface area contributed by atoms with Crippen LogP contribution in [-0.2, 0) is 29.7 Å². The first-order valence-electron chi connectivity index (χ1n) is 6.14. The van der Waals surface area contributed by atoms with Crippen LogP contribution in [0.5, 0.6) is 0 Å². The SMILES string of the molecule is CC1(C)OCC(CO[P+](=O)OCc2ccccc2)O1. The van der Waals surface area contributed by atoms with Crippen molar-refractivity contribution in [3.63, 3.8) is 0 Å². The van der Waals surface area contributed by atoms with E-state index < -0.39 is 14.0 Å². The van der Waals surface area contributed by atoms with E-state index in [-0.39, 0.29) is 19.3 Å². The molecule has 6 heteroatoms. The van der Waals surface area contributed by atoms with Crippen LogP contribution in [0.1, 0.15) is 19.4 Å². The van der Waals surface area contributed by atoms with Crippen molar-refractivity contribution in [2.24, 2.45) is 0 Å². The van der Waals surface area contributed by atoms with Crippen LogP contribution in [0.25, 0.3) is 0 Å². The van der Waals surface area contributed by atoms with Crippen molar-refractivity contribution in [2.75, 3.05) is 13.2 Å². The second kappa shape index (κ2) is 6.55. The van der Waals surface area contributed by atoms with Gasteiger partial charge in [-0.3, -0.25) is 0 Å². The van der Waals surface area contributed by atoms with Crippen molar-refractivity contribution in [3.05, 3.63) is 35.9 Å². The van der Waals surface area contributed by atoms with Gasteiger partial charge in [-0.25, -0.2) is 0 Å². The van der Waals surface area contributed by atoms with Crippen molar-refractivity contribution < 1.29 is 23.1 Å². The van der Waals surface area contributed by atoms with E-state index in [2.05, 4.69) is 0 Å². The zero-order valence-corrected chi connectivity index (χ0v) is 12.0. The Morgan fingerprint density at radius 2 is 2.05 bits per heavy atom. The molecule has 104 valence electrons. The van der Waals surface area contributed by atoms with Gasteiger partial charge < -0.3 is 9.47 Å². The zero-order valence-electron chi connectivity index (χ0n) is 11.1. The second-order valence-electron chi connectivity index (χ2n) is 4.73. The summed E-state index contributed by atoms with van der Waals surface area (Å²) >= 11 is 0. The number of hydrogen-bond acceptors (Lipinski definition) is 5. The largest absolute Gasteiger partial charge is 0.697 e. The average Bonchev–Trinajstić information content (AvgIpc) is 2.75. The summed E-state index contributed by atoms with van der Waals surface area (Å²) < 4.78 is 32.7. The topological polar surface area (TPSA) is 54.0 Å². The van der Waals surface area contributed by atoms with E-state index in [9.17, 15) is 4.57 Å². The van der Waals surface area contributed by atoms with Crippen LogP contribution < -0.4 is 0 Å². The highest BCUT2D eigenvalue weighted by Crippen LogP contribution is 2.29. The number of hydrogen-bond donors (Lipinski definition) is 0. The van der Waals surface area contributed by atoms with E-state index in [1.807, 2.05) is 44.2 Å². The van der Waals surface area contributed by atoms with Crippen molar-refractivity contribution >= 4 is 8.25 Å². The average molecular weight is 285 g/mol. The molecule has 0 bridgehead atoms. The Morgan fingerprint density at radius 1 is 1.32 bits per heavy atom. The molecule has 0 saturated carbocycles. The highest BCUT2D eigenvalue weighted by Gasteiger charge is 2.35. The molecule has 1 aromatic carbocycles. The first kappa shape index (κ1) is 14.6. The number of benzene rings is 1. The third-order valence-electron chi connectivity index (χ3n) is 2.61. The Balaban J connectivity index is 1.65. The van der Waals surface area contributed by atoms with Crippen LogP contribution in [0.15, 0.2) is 30.3 Å². The minimum Gasteiger partial charge on any atom is -0.348 e. The quantitative estimate of drug-likeness (QED) is 0.752. The molecule has 1 aromatic rings. The van der Waals surface area contributed by atoms with Crippen molar-refractivity contribution in [2.45, 2.75) is 32.3 Å². The van der Waals surface area contributed by atoms with E-state index in [4.69, 9.17) is 18.5 Å². The fourth-order valence-electron chi connectivity index (χ4n) is 1.73. The summed E-state index contributed by atoms with van der Waals surface area (Å²) in [5.74, 6) is -0.593. The smallest absolute Gasteiger partial charge is 0.348 e. The van der Waals surface area contributed by atoms with Gasteiger partial charge in [0.15, 0.2) is 5.79 Å². The van der Waals surface area contributed by atoms with Crippen molar-refractivity contribution in [1.82, 2.24) is 0 Å². The number of ether oxygens (including phenoxy) is 2. The Hall–Kier alpha value is -0.840. The minimum absolute atomic E-state index is 0.200. The Kier molecular flexibility index (Phi) is 5.02. The first-order chi connectivity index (χ1) is 9.05. The minimum atomic E-state index is -2.14. The maximum absolute atomic E-state index is 11.5. The maximum Gasteiger partial charge on any atom is 0.697 e. The molecule has 5 nitrogen and oxygen atoms in total. The third-order valence-corrected chi connectivity index (χ3v) is 3.31. The summed E-state index contributed by atoms with van der Waals surface area (Å²) in [6.07, 6.45) is -0.200. The van der Waals surface area contributed by atoms with E-state index in [1.54, 1.807) is 0 Å². The van der Waals surface area contributed by atoms with E-state index in [0.29, 0.717) is 6.61 Å². The fraction of sp³-hybridized carbons (Fsp3) is 0.538. The van der Waals surface area contributed by atoms with Crippen LogP contribution in [0, 0.1) is 0 Å². The highest BCUT2D eigenvalue weighted by molar-refractivity contribution is 7.33. The van der Waals surface area contributed by atoms with Gasteiger partial charge in [-0.05, 0) is 19.4 Å². The first-order valence-corrected chi connectivity index (χ1v) is 7.23. The van der Waals surface area contributed by atoms with Crippen LogP contribution in [0.3, 0.4) is 0 Å². The van der Waals surface area contributed by atoms with Gasteiger partial charge in [0.2, 0.25) is 0 Å². The Bertz CT molecular complexity index is 420. The monoisotopic (exact) mass is 285 g/mol. The maximum atomic E-state index is 11.5. The molecule has 1 fully saturated rings. The fourth-order valence-corrected chi connectivity index (χ4v) is 2.34. The van der Waals surface area contributed by atoms with E-state index in [1.165, 1.54) is 0 Å². The van der Waals surface area contributed by atoms with Gasteiger partial charge in [0, 0.05) is 4.57 Å². The van der Waals surface area contributed by atoms with Crippen molar-refractivity contribution in [3.8, 4) is 0 Å². The highest BCUT2D eigenvalue weighted by atomic mass is 31.1. The lowest BCUT2D eigenvalue weighted by atomic mass is 10.2. The Labute approximate surface area is 113 Å². The van der Waals surface area contributed by atoms with Gasteiger partial charge in [0.05, 0.1) is 6.61 Å². The molecule has 1 aliphatic heterocycles. The standard InChI is InChI=1S/C13H18O5P/c1-13(2)15-9-12(18-13)10-17-19(14)16-8-11-6-4-3-5-7-11/h3-7,12H,8-10H2,1-2H3/q+1. The summed E-state index contributed by atoms with van der Waals surface area (Å²) in [7, 11) is -2.14. The lowest BCUT2D eigenvalue weighted by Gasteiger charge is -2.15. The van der Waals surface area contributed by atoms with E-state index >= 15 is 0 Å². The van der Waals surface area contributed by atoms with E-state index in [0.717, 1.165) is 5.56 Å². The van der Waals surface area contributed by atoms with Crippen LogP contribution in [-0.4, -0.2) is 25.1 Å². The summed E-state index contributed by atoms with van der Waals surface area (Å²) in [6, 6.07) is 9.52. The molecule has 0 spiro atoms. The molecule has 0 aromatic heterocycles. The lowest BCUT2D eigenvalue weighted by molar-refractivity contribution is -0.141. The van der Waals surface area contributed by atoms with Gasteiger partial charge >= 0.3 is 8.25 Å². The summed E-state index contributed by atoms with van der Waals surface area (Å²) in [4.78, 5) is 0. The molecule has 0 amide bonds. The molecule has 0 N–H and O–H groups in total. The number of rotatable bonds is 6. The molecule has 1 aliphatic rings. The summed E-state index contributed by atoms with van der Waals surface area (Å²) in [5, 5.41) is 0. The van der Waals surface area contributed by atoms with Crippen LogP contribution in [0.2, 0.25) is 0 Å². The third kappa shape index (κ3) is 4.97. The van der Waals surface area contributed by atoms with Crippen molar-refractivity contribution in [1.29, 1.82) is 0 Å². The molecular formula is C13H18O5P+. The zero-order chi connectivity index (χ0) is 13.7. The van der Waals surface area contributed by atoms with Crippen LogP contribution >= 0.6 is 8.25 Å². The van der Waals surface area contributed by atoms with Gasteiger partial charge in [-0.1, -0.05) is 30.3 Å². The molecule has 1 heterocycles. The summed E-state index contributed by atoms with van der Waals surface area (Å²) in [5.41, 5.74) is 0.955. The lowest BCUT2D eigenvalue weighted by Crippen LogP contribution is -2.23. The van der Waals surface area contributed by atoms with Crippen LogP contribution in [0.4, 0.5) is 0 Å². The normalized spacial score (nSPS) is 22.4. The molecule has 1 saturated heterocycles. The van der Waals surface area contributed by atoms with Gasteiger partial charge in [0.1, 0.15) is 19.3 Å². The predicted octanol–water partition coefficient (Wildman–Crippen LogP) is 3.03. The molecule has 0 radical (unpaired) electrons. The molecule has 2 unspecified atom stereocenters. The molecule has 0 aliphatic carbocycles. The molecule has 2 atom stereocenters.